The van der Waals surface area contributed by atoms with Crippen molar-refractivity contribution in [2.75, 3.05) is 12.4 Å². The van der Waals surface area contributed by atoms with Gasteiger partial charge in [-0.2, -0.15) is 0 Å². The third-order valence-corrected chi connectivity index (χ3v) is 9.92. The Balaban J connectivity index is 1.55. The lowest BCUT2D eigenvalue weighted by molar-refractivity contribution is 0.120. The molecule has 0 radical (unpaired) electrons. The number of methoxy groups -OCH3 is 1. The quantitative estimate of drug-likeness (QED) is 0.460. The molecule has 0 amide bonds. The highest BCUT2D eigenvalue weighted by molar-refractivity contribution is 7.89. The van der Waals surface area contributed by atoms with Crippen LogP contribution >= 0.6 is 11.3 Å². The topological polar surface area (TPSA) is 101 Å². The molecule has 4 rings (SSSR count). The van der Waals surface area contributed by atoms with Crippen LogP contribution in [0.25, 0.3) is 10.4 Å². The molecule has 2 aliphatic carbocycles. The van der Waals surface area contributed by atoms with Gasteiger partial charge in [0.2, 0.25) is 10.0 Å². The number of nitrogens with one attached hydrogen (secondary N) is 2. The number of nitrogens with zero attached hydrogens (tertiary/aromatic N) is 1. The summed E-state index contributed by atoms with van der Waals surface area (Å²) in [5.41, 5.74) is 1.69. The maximum atomic E-state index is 13.3. The molecule has 0 bridgehead atoms. The van der Waals surface area contributed by atoms with Gasteiger partial charge in [0.1, 0.15) is 10.6 Å². The smallest absolute Gasteiger partial charge is 0.244 e. The SMILES string of the molecule is COc1ccc(-c2sc(N[C@@H](C)C3CCCCC3)nc2C)cc1S(=O)(=O)N[C@H]1CC[C@@H](O)CC1. The maximum absolute atomic E-state index is 13.3. The van der Waals surface area contributed by atoms with Gasteiger partial charge in [0, 0.05) is 12.1 Å². The van der Waals surface area contributed by atoms with E-state index in [2.05, 4.69) is 17.0 Å². The molecule has 1 aromatic heterocycles. The van der Waals surface area contributed by atoms with E-state index in [4.69, 9.17) is 9.72 Å². The number of aliphatic hydroxyl groups is 1. The van der Waals surface area contributed by atoms with E-state index in [0.717, 1.165) is 21.3 Å². The predicted molar refractivity (Wildman–Crippen MR) is 137 cm³/mol. The summed E-state index contributed by atoms with van der Waals surface area (Å²) in [4.78, 5) is 5.84. The number of sulfonamides is 1. The fraction of sp³-hybridized carbons (Fsp3) is 0.640. The lowest BCUT2D eigenvalue weighted by atomic mass is 9.85. The van der Waals surface area contributed by atoms with E-state index in [1.165, 1.54) is 39.2 Å². The highest BCUT2D eigenvalue weighted by atomic mass is 32.2. The van der Waals surface area contributed by atoms with Gasteiger partial charge in [-0.3, -0.25) is 0 Å². The van der Waals surface area contributed by atoms with Crippen LogP contribution in [0, 0.1) is 12.8 Å². The molecule has 0 spiro atoms. The fourth-order valence-electron chi connectivity index (χ4n) is 5.18. The monoisotopic (exact) mass is 507 g/mol. The van der Waals surface area contributed by atoms with Gasteiger partial charge in [-0.1, -0.05) is 30.6 Å². The molecule has 2 saturated carbocycles. The Labute approximate surface area is 207 Å². The van der Waals surface area contributed by atoms with Crippen molar-refractivity contribution in [3.05, 3.63) is 23.9 Å². The van der Waals surface area contributed by atoms with Gasteiger partial charge in [0.05, 0.1) is 23.8 Å². The Kier molecular flexibility index (Phi) is 8.17. The average Bonchev–Trinajstić information content (AvgIpc) is 3.20. The minimum Gasteiger partial charge on any atom is -0.495 e. The van der Waals surface area contributed by atoms with Crippen molar-refractivity contribution < 1.29 is 18.3 Å². The van der Waals surface area contributed by atoms with Crippen LogP contribution in [-0.4, -0.2) is 43.8 Å². The van der Waals surface area contributed by atoms with E-state index in [1.54, 1.807) is 23.5 Å². The summed E-state index contributed by atoms with van der Waals surface area (Å²) in [6, 6.07) is 5.48. The van der Waals surface area contributed by atoms with Crippen LogP contribution in [0.15, 0.2) is 23.1 Å². The van der Waals surface area contributed by atoms with Crippen LogP contribution in [0.5, 0.6) is 5.75 Å². The summed E-state index contributed by atoms with van der Waals surface area (Å²) in [6.45, 7) is 4.20. The van der Waals surface area contributed by atoms with Gasteiger partial charge in [-0.15, -0.1) is 0 Å². The molecule has 2 aliphatic rings. The molecule has 0 unspecified atom stereocenters. The molecule has 0 saturated heterocycles. The zero-order valence-corrected chi connectivity index (χ0v) is 22.0. The Morgan fingerprint density at radius 3 is 2.50 bits per heavy atom. The Morgan fingerprint density at radius 1 is 1.12 bits per heavy atom. The van der Waals surface area contributed by atoms with Gasteiger partial charge < -0.3 is 15.2 Å². The molecule has 1 aromatic carbocycles. The summed E-state index contributed by atoms with van der Waals surface area (Å²) in [5.74, 6) is 0.990. The lowest BCUT2D eigenvalue weighted by Gasteiger charge is -2.28. The van der Waals surface area contributed by atoms with Crippen molar-refractivity contribution in [2.24, 2.45) is 5.92 Å². The molecular formula is C25H37N3O4S2. The molecule has 7 nitrogen and oxygen atoms in total. The van der Waals surface area contributed by atoms with Gasteiger partial charge in [0.25, 0.3) is 0 Å². The molecule has 34 heavy (non-hydrogen) atoms. The first-order valence-electron chi connectivity index (χ1n) is 12.4. The second-order valence-electron chi connectivity index (χ2n) is 9.76. The number of anilines is 1. The summed E-state index contributed by atoms with van der Waals surface area (Å²) in [7, 11) is -2.29. The number of ether oxygens (including phenoxy) is 1. The summed E-state index contributed by atoms with van der Waals surface area (Å²) in [5, 5.41) is 14.2. The number of aromatic nitrogens is 1. The van der Waals surface area contributed by atoms with Crippen molar-refractivity contribution in [1.29, 1.82) is 0 Å². The number of thiazole rings is 1. The number of aryl methyl sites for hydroxylation is 1. The minimum atomic E-state index is -3.78. The van der Waals surface area contributed by atoms with Gasteiger partial charge in [-0.05, 0) is 82.1 Å². The zero-order chi connectivity index (χ0) is 24.3. The van der Waals surface area contributed by atoms with Crippen LogP contribution in [0.4, 0.5) is 5.13 Å². The first-order chi connectivity index (χ1) is 16.3. The van der Waals surface area contributed by atoms with E-state index in [9.17, 15) is 13.5 Å². The molecule has 2 fully saturated rings. The lowest BCUT2D eigenvalue weighted by Crippen LogP contribution is -2.38. The van der Waals surface area contributed by atoms with Crippen LogP contribution in [0.3, 0.4) is 0 Å². The minimum absolute atomic E-state index is 0.136. The van der Waals surface area contributed by atoms with Crippen LogP contribution < -0.4 is 14.8 Å². The molecule has 1 atom stereocenters. The second kappa shape index (κ2) is 10.9. The number of rotatable bonds is 8. The Hall–Kier alpha value is -1.68. The van der Waals surface area contributed by atoms with E-state index in [1.807, 2.05) is 13.0 Å². The third kappa shape index (κ3) is 5.93. The number of hydrogen-bond donors (Lipinski definition) is 3. The average molecular weight is 508 g/mol. The van der Waals surface area contributed by atoms with E-state index >= 15 is 0 Å². The second-order valence-corrected chi connectivity index (χ2v) is 12.4. The predicted octanol–water partition coefficient (Wildman–Crippen LogP) is 5.09. The van der Waals surface area contributed by atoms with Crippen molar-refractivity contribution in [2.45, 2.75) is 94.7 Å². The molecule has 1 heterocycles. The van der Waals surface area contributed by atoms with E-state index < -0.39 is 10.0 Å². The van der Waals surface area contributed by atoms with Gasteiger partial charge >= 0.3 is 0 Å². The summed E-state index contributed by atoms with van der Waals surface area (Å²) in [6.07, 6.45) is 8.61. The molecule has 2 aromatic rings. The Bertz CT molecular complexity index is 1070. The normalized spacial score (nSPS) is 22.9. The third-order valence-electron chi connectivity index (χ3n) is 7.24. The van der Waals surface area contributed by atoms with Crippen LogP contribution in [0.2, 0.25) is 0 Å². The van der Waals surface area contributed by atoms with Gasteiger partial charge in [-0.25, -0.2) is 18.1 Å². The first kappa shape index (κ1) is 25.4. The first-order valence-corrected chi connectivity index (χ1v) is 14.7. The molecule has 9 heteroatoms. The fourth-order valence-corrected chi connectivity index (χ4v) is 7.74. The van der Waals surface area contributed by atoms with Crippen LogP contribution in [0.1, 0.15) is 70.4 Å². The van der Waals surface area contributed by atoms with E-state index in [-0.39, 0.29) is 17.0 Å². The molecule has 0 aliphatic heterocycles. The van der Waals surface area contributed by atoms with Gasteiger partial charge in [0.15, 0.2) is 5.13 Å². The summed E-state index contributed by atoms with van der Waals surface area (Å²) >= 11 is 1.57. The molecule has 3 N–H and O–H groups in total. The highest BCUT2D eigenvalue weighted by Gasteiger charge is 2.28. The van der Waals surface area contributed by atoms with Crippen molar-refractivity contribution in [3.63, 3.8) is 0 Å². The van der Waals surface area contributed by atoms with Crippen molar-refractivity contribution >= 4 is 26.5 Å². The number of hydrogen-bond acceptors (Lipinski definition) is 7. The standard InChI is InChI=1S/C25H37N3O4S2/c1-16(18-7-5-4-6-8-18)26-25-27-17(2)24(33-25)19-9-14-22(32-3)23(15-19)34(30,31)28-20-10-12-21(29)13-11-20/h9,14-16,18,20-21,28-29H,4-8,10-13H2,1-3H3,(H,26,27)/t16-,20-,21+/m0/s1. The van der Waals surface area contributed by atoms with Crippen molar-refractivity contribution in [3.8, 4) is 16.2 Å². The van der Waals surface area contributed by atoms with Crippen LogP contribution in [-0.2, 0) is 10.0 Å². The number of benzene rings is 1. The van der Waals surface area contributed by atoms with Crippen molar-refractivity contribution in [1.82, 2.24) is 9.71 Å². The largest absolute Gasteiger partial charge is 0.495 e. The molecular weight excluding hydrogens is 470 g/mol. The number of aliphatic hydroxyl groups excluding tert-OH is 1. The maximum Gasteiger partial charge on any atom is 0.244 e. The van der Waals surface area contributed by atoms with E-state index in [0.29, 0.717) is 43.4 Å². The summed E-state index contributed by atoms with van der Waals surface area (Å²) < 4.78 is 34.8. The highest BCUT2D eigenvalue weighted by Crippen LogP contribution is 2.38. The molecule has 188 valence electrons. The Morgan fingerprint density at radius 2 is 1.82 bits per heavy atom. The zero-order valence-electron chi connectivity index (χ0n) is 20.3.